The topological polar surface area (TPSA) is 9.23 Å². The Labute approximate surface area is 134 Å². The number of rotatable bonds is 6. The van der Waals surface area contributed by atoms with E-state index in [4.69, 9.17) is 4.74 Å². The first-order valence-corrected chi connectivity index (χ1v) is 9.15. The van der Waals surface area contributed by atoms with Crippen molar-refractivity contribution in [1.82, 2.24) is 0 Å². The molecular formula is C20H29FO. The highest BCUT2D eigenvalue weighted by atomic mass is 19.1. The van der Waals surface area contributed by atoms with E-state index in [2.05, 4.69) is 6.07 Å². The maximum atomic E-state index is 14.5. The number of ether oxygens (including phenoxy) is 1. The largest absolute Gasteiger partial charge is 0.490 e. The summed E-state index contributed by atoms with van der Waals surface area (Å²) in [5.74, 6) is 1.87. The van der Waals surface area contributed by atoms with Crippen molar-refractivity contribution in [3.63, 3.8) is 0 Å². The van der Waals surface area contributed by atoms with E-state index in [9.17, 15) is 4.39 Å². The fourth-order valence-electron chi connectivity index (χ4n) is 4.19. The van der Waals surface area contributed by atoms with Crippen molar-refractivity contribution in [3.8, 4) is 5.75 Å². The molecule has 0 aliphatic heterocycles. The molecule has 0 spiro atoms. The first kappa shape index (κ1) is 15.8. The van der Waals surface area contributed by atoms with E-state index in [0.29, 0.717) is 12.4 Å². The van der Waals surface area contributed by atoms with Crippen LogP contribution in [0.25, 0.3) is 0 Å². The zero-order chi connectivity index (χ0) is 15.4. The molecule has 0 aromatic heterocycles. The van der Waals surface area contributed by atoms with Gasteiger partial charge in [0.25, 0.3) is 0 Å². The molecule has 2 saturated carbocycles. The lowest BCUT2D eigenvalue weighted by molar-refractivity contribution is 0.267. The minimum Gasteiger partial charge on any atom is -0.490 e. The summed E-state index contributed by atoms with van der Waals surface area (Å²) in [6.07, 6.45) is 12.8. The summed E-state index contributed by atoms with van der Waals surface area (Å²) in [5, 5.41) is 0. The lowest BCUT2D eigenvalue weighted by Crippen LogP contribution is -2.07. The summed E-state index contributed by atoms with van der Waals surface area (Å²) in [5.41, 5.74) is 1.97. The van der Waals surface area contributed by atoms with Crippen molar-refractivity contribution < 1.29 is 9.13 Å². The lowest BCUT2D eigenvalue weighted by atomic mass is 9.94. The Hall–Kier alpha value is -1.05. The van der Waals surface area contributed by atoms with E-state index in [1.807, 2.05) is 13.0 Å². The van der Waals surface area contributed by atoms with E-state index in [1.165, 1.54) is 56.9 Å². The SMILES string of the molecule is Cc1c(CC2CCCC2)ccc(OCCC2CCCC2)c1F. The Kier molecular flexibility index (Phi) is 5.38. The van der Waals surface area contributed by atoms with Crippen LogP contribution >= 0.6 is 0 Å². The zero-order valence-electron chi connectivity index (χ0n) is 13.9. The summed E-state index contributed by atoms with van der Waals surface area (Å²) in [6, 6.07) is 3.93. The molecule has 1 aromatic rings. The molecule has 1 nitrogen and oxygen atoms in total. The Morgan fingerprint density at radius 2 is 1.64 bits per heavy atom. The van der Waals surface area contributed by atoms with Gasteiger partial charge in [0.15, 0.2) is 11.6 Å². The van der Waals surface area contributed by atoms with E-state index in [0.717, 1.165) is 30.2 Å². The van der Waals surface area contributed by atoms with Crippen LogP contribution in [0.2, 0.25) is 0 Å². The van der Waals surface area contributed by atoms with E-state index in [1.54, 1.807) is 0 Å². The highest BCUT2D eigenvalue weighted by Crippen LogP contribution is 2.32. The molecule has 0 heterocycles. The maximum absolute atomic E-state index is 14.5. The summed E-state index contributed by atoms with van der Waals surface area (Å²) in [6.45, 7) is 2.56. The van der Waals surface area contributed by atoms with Gasteiger partial charge in [-0.1, -0.05) is 57.4 Å². The molecule has 22 heavy (non-hydrogen) atoms. The van der Waals surface area contributed by atoms with Crippen LogP contribution in [0.3, 0.4) is 0 Å². The number of halogens is 1. The molecule has 122 valence electrons. The Morgan fingerprint density at radius 3 is 2.32 bits per heavy atom. The minimum atomic E-state index is -0.137. The normalized spacial score (nSPS) is 19.9. The van der Waals surface area contributed by atoms with Crippen molar-refractivity contribution in [2.75, 3.05) is 6.61 Å². The second-order valence-electron chi connectivity index (χ2n) is 7.30. The van der Waals surface area contributed by atoms with Gasteiger partial charge in [-0.3, -0.25) is 0 Å². The molecule has 3 rings (SSSR count). The molecule has 1 aromatic carbocycles. The second kappa shape index (κ2) is 7.48. The van der Waals surface area contributed by atoms with Crippen LogP contribution in [0.4, 0.5) is 4.39 Å². The van der Waals surface area contributed by atoms with Crippen molar-refractivity contribution in [1.29, 1.82) is 0 Å². The molecule has 0 N–H and O–H groups in total. The van der Waals surface area contributed by atoms with Crippen LogP contribution in [0, 0.1) is 24.6 Å². The highest BCUT2D eigenvalue weighted by molar-refractivity contribution is 5.37. The van der Waals surface area contributed by atoms with E-state index >= 15 is 0 Å². The van der Waals surface area contributed by atoms with Crippen molar-refractivity contribution in [2.24, 2.45) is 11.8 Å². The predicted octanol–water partition coefficient (Wildman–Crippen LogP) is 5.83. The van der Waals surface area contributed by atoms with Gasteiger partial charge < -0.3 is 4.74 Å². The summed E-state index contributed by atoms with van der Waals surface area (Å²) < 4.78 is 20.2. The number of hydrogen-bond donors (Lipinski definition) is 0. The first-order chi connectivity index (χ1) is 10.7. The van der Waals surface area contributed by atoms with E-state index in [-0.39, 0.29) is 5.82 Å². The smallest absolute Gasteiger partial charge is 0.168 e. The van der Waals surface area contributed by atoms with Crippen LogP contribution in [0.15, 0.2) is 12.1 Å². The van der Waals surface area contributed by atoms with Crippen LogP contribution in [0.1, 0.15) is 68.9 Å². The van der Waals surface area contributed by atoms with Gasteiger partial charge in [-0.05, 0) is 48.8 Å². The average Bonchev–Trinajstić information content (AvgIpc) is 3.20. The second-order valence-corrected chi connectivity index (χ2v) is 7.30. The monoisotopic (exact) mass is 304 g/mol. The Bertz CT molecular complexity index is 485. The zero-order valence-corrected chi connectivity index (χ0v) is 13.9. The number of benzene rings is 1. The molecular weight excluding hydrogens is 275 g/mol. The predicted molar refractivity (Wildman–Crippen MR) is 88.9 cm³/mol. The third kappa shape index (κ3) is 3.83. The molecule has 0 atom stereocenters. The fourth-order valence-corrected chi connectivity index (χ4v) is 4.19. The third-order valence-corrected chi connectivity index (χ3v) is 5.70. The molecule has 2 fully saturated rings. The molecule has 0 unspecified atom stereocenters. The fraction of sp³-hybridized carbons (Fsp3) is 0.700. The van der Waals surface area contributed by atoms with Gasteiger partial charge in [-0.15, -0.1) is 0 Å². The Morgan fingerprint density at radius 1 is 1.00 bits per heavy atom. The molecule has 0 radical (unpaired) electrons. The van der Waals surface area contributed by atoms with Crippen LogP contribution in [-0.2, 0) is 6.42 Å². The van der Waals surface area contributed by atoms with Crippen LogP contribution < -0.4 is 4.74 Å². The molecule has 2 aliphatic carbocycles. The molecule has 0 bridgehead atoms. The van der Waals surface area contributed by atoms with Crippen LogP contribution in [-0.4, -0.2) is 6.61 Å². The maximum Gasteiger partial charge on any atom is 0.168 e. The molecule has 0 saturated heterocycles. The van der Waals surface area contributed by atoms with Crippen molar-refractivity contribution >= 4 is 0 Å². The standard InChI is InChI=1S/C20H29FO/c1-15-18(14-17-8-4-5-9-17)10-11-19(20(15)21)22-13-12-16-6-2-3-7-16/h10-11,16-17H,2-9,12-14H2,1H3. The quantitative estimate of drug-likeness (QED) is 0.643. The van der Waals surface area contributed by atoms with Gasteiger partial charge in [0.05, 0.1) is 6.61 Å². The summed E-state index contributed by atoms with van der Waals surface area (Å²) >= 11 is 0. The van der Waals surface area contributed by atoms with Gasteiger partial charge in [-0.2, -0.15) is 0 Å². The Balaban J connectivity index is 1.56. The van der Waals surface area contributed by atoms with Gasteiger partial charge in [0.2, 0.25) is 0 Å². The molecule has 0 amide bonds. The average molecular weight is 304 g/mol. The van der Waals surface area contributed by atoms with Gasteiger partial charge in [-0.25, -0.2) is 4.39 Å². The summed E-state index contributed by atoms with van der Waals surface area (Å²) in [7, 11) is 0. The van der Waals surface area contributed by atoms with Crippen molar-refractivity contribution in [2.45, 2.75) is 71.1 Å². The summed E-state index contributed by atoms with van der Waals surface area (Å²) in [4.78, 5) is 0. The minimum absolute atomic E-state index is 0.137. The lowest BCUT2D eigenvalue weighted by Gasteiger charge is -2.15. The highest BCUT2D eigenvalue weighted by Gasteiger charge is 2.19. The first-order valence-electron chi connectivity index (χ1n) is 9.15. The van der Waals surface area contributed by atoms with E-state index < -0.39 is 0 Å². The van der Waals surface area contributed by atoms with Gasteiger partial charge in [0.1, 0.15) is 0 Å². The van der Waals surface area contributed by atoms with Crippen LogP contribution in [0.5, 0.6) is 5.75 Å². The van der Waals surface area contributed by atoms with Gasteiger partial charge in [0, 0.05) is 0 Å². The molecule has 2 aliphatic rings. The number of hydrogen-bond acceptors (Lipinski definition) is 1. The molecule has 2 heteroatoms. The van der Waals surface area contributed by atoms with Gasteiger partial charge >= 0.3 is 0 Å². The third-order valence-electron chi connectivity index (χ3n) is 5.70. The van der Waals surface area contributed by atoms with Crippen molar-refractivity contribution in [3.05, 3.63) is 29.1 Å².